The summed E-state index contributed by atoms with van der Waals surface area (Å²) in [6.07, 6.45) is 1.80. The van der Waals surface area contributed by atoms with Crippen LogP contribution in [0.1, 0.15) is 27.2 Å². The molecule has 0 radical (unpaired) electrons. The summed E-state index contributed by atoms with van der Waals surface area (Å²) in [4.78, 5) is 29.6. The number of halogens is 1. The molecule has 0 aliphatic carbocycles. The highest BCUT2D eigenvalue weighted by atomic mass is 35.5. The fraction of sp³-hybridized carbons (Fsp3) is 0.136. The normalized spacial score (nSPS) is 11.0. The molecule has 0 bridgehead atoms. The molecule has 4 rings (SSSR count). The molecule has 7 heteroatoms. The molecule has 29 heavy (non-hydrogen) atoms. The number of carbonyl (C=O) groups is 2. The molecule has 0 aliphatic rings. The van der Waals surface area contributed by atoms with E-state index in [1.165, 1.54) is 22.5 Å². The molecule has 0 saturated carbocycles. The van der Waals surface area contributed by atoms with Gasteiger partial charge in [0.05, 0.1) is 15.9 Å². The highest BCUT2D eigenvalue weighted by Gasteiger charge is 2.21. The number of nitrogens with one attached hydrogen (secondary N) is 1. The number of thiazole rings is 1. The lowest BCUT2D eigenvalue weighted by atomic mass is 10.1. The Morgan fingerprint density at radius 2 is 1.93 bits per heavy atom. The van der Waals surface area contributed by atoms with E-state index in [1.54, 1.807) is 41.1 Å². The fourth-order valence-electron chi connectivity index (χ4n) is 3.08. The van der Waals surface area contributed by atoms with Gasteiger partial charge in [-0.15, -0.1) is 0 Å². The monoisotopic (exact) mass is 423 g/mol. The van der Waals surface area contributed by atoms with Crippen molar-refractivity contribution in [1.82, 2.24) is 9.55 Å². The Hall–Kier alpha value is -2.96. The van der Waals surface area contributed by atoms with E-state index in [0.717, 1.165) is 15.8 Å². The van der Waals surface area contributed by atoms with Gasteiger partial charge in [0, 0.05) is 17.8 Å². The first-order valence-electron chi connectivity index (χ1n) is 9.04. The molecule has 2 aromatic carbocycles. The van der Waals surface area contributed by atoms with E-state index in [1.807, 2.05) is 6.07 Å². The van der Waals surface area contributed by atoms with Crippen molar-refractivity contribution < 1.29 is 9.59 Å². The topological polar surface area (TPSA) is 64.0 Å². The summed E-state index contributed by atoms with van der Waals surface area (Å²) in [5, 5.41) is 3.57. The number of aromatic nitrogens is 2. The van der Waals surface area contributed by atoms with E-state index in [0.29, 0.717) is 22.4 Å². The Bertz CT molecular complexity index is 1240. The second-order valence-corrected chi connectivity index (χ2v) is 8.32. The molecular formula is C22H18ClN3O2S. The predicted molar refractivity (Wildman–Crippen MR) is 117 cm³/mol. The number of hydrogen-bond donors (Lipinski definition) is 1. The smallest absolute Gasteiger partial charge is 0.300 e. The number of hydrogen-bond acceptors (Lipinski definition) is 4. The molecule has 0 aliphatic heterocycles. The van der Waals surface area contributed by atoms with Gasteiger partial charge in [0.25, 0.3) is 11.7 Å². The summed E-state index contributed by atoms with van der Waals surface area (Å²) >= 11 is 7.27. The molecule has 0 spiro atoms. The molecule has 0 unspecified atom stereocenters. The summed E-state index contributed by atoms with van der Waals surface area (Å²) in [6, 6.07) is 14.9. The van der Waals surface area contributed by atoms with Gasteiger partial charge in [0.2, 0.25) is 0 Å². The number of amides is 1. The maximum atomic E-state index is 12.7. The number of benzene rings is 2. The van der Waals surface area contributed by atoms with E-state index >= 15 is 0 Å². The number of fused-ring (bicyclic) bond motifs is 1. The van der Waals surface area contributed by atoms with E-state index in [4.69, 9.17) is 11.6 Å². The van der Waals surface area contributed by atoms with Crippen LogP contribution in [0.15, 0.2) is 54.7 Å². The standard InChI is InChI=1S/C22H18ClN3O2S/c1-13-5-6-15(10-14(13)2)12-26-9-3-4-18(26)20(27)21(28)25-22-24-17-8-7-16(23)11-19(17)29-22/h3-11H,12H2,1-2H3,(H,24,25,28). The van der Waals surface area contributed by atoms with Crippen molar-refractivity contribution in [1.29, 1.82) is 0 Å². The van der Waals surface area contributed by atoms with Crippen LogP contribution in [0.5, 0.6) is 0 Å². The molecule has 0 saturated heterocycles. The van der Waals surface area contributed by atoms with Crippen molar-refractivity contribution in [3.05, 3.63) is 82.1 Å². The van der Waals surface area contributed by atoms with Gasteiger partial charge in [-0.3, -0.25) is 14.9 Å². The molecule has 1 N–H and O–H groups in total. The Morgan fingerprint density at radius 3 is 2.72 bits per heavy atom. The van der Waals surface area contributed by atoms with Crippen LogP contribution in [0.25, 0.3) is 10.2 Å². The Balaban J connectivity index is 1.52. The van der Waals surface area contributed by atoms with Crippen LogP contribution < -0.4 is 5.32 Å². The second kappa shape index (κ2) is 7.81. The first-order chi connectivity index (χ1) is 13.9. The summed E-state index contributed by atoms with van der Waals surface area (Å²) < 4.78 is 2.63. The minimum atomic E-state index is -0.713. The Kier molecular flexibility index (Phi) is 5.22. The van der Waals surface area contributed by atoms with Crippen LogP contribution in [0.2, 0.25) is 5.02 Å². The maximum Gasteiger partial charge on any atom is 0.300 e. The van der Waals surface area contributed by atoms with Crippen molar-refractivity contribution in [2.24, 2.45) is 0 Å². The quantitative estimate of drug-likeness (QED) is 0.352. The minimum Gasteiger partial charge on any atom is -0.340 e. The molecule has 0 fully saturated rings. The van der Waals surface area contributed by atoms with Gasteiger partial charge in [-0.25, -0.2) is 4.98 Å². The Labute approximate surface area is 177 Å². The highest BCUT2D eigenvalue weighted by Crippen LogP contribution is 2.28. The SMILES string of the molecule is Cc1ccc(Cn2cccc2C(=O)C(=O)Nc2nc3ccc(Cl)cc3s2)cc1C. The van der Waals surface area contributed by atoms with E-state index in [2.05, 4.69) is 36.3 Å². The van der Waals surface area contributed by atoms with E-state index in [-0.39, 0.29) is 0 Å². The lowest BCUT2D eigenvalue weighted by Gasteiger charge is -2.10. The molecule has 146 valence electrons. The number of aryl methyl sites for hydroxylation is 2. The average Bonchev–Trinajstić information content (AvgIpc) is 3.30. The lowest BCUT2D eigenvalue weighted by Crippen LogP contribution is -2.25. The van der Waals surface area contributed by atoms with Gasteiger partial charge in [-0.1, -0.05) is 41.1 Å². The van der Waals surface area contributed by atoms with Gasteiger partial charge in [-0.2, -0.15) is 0 Å². The van der Waals surface area contributed by atoms with E-state index < -0.39 is 11.7 Å². The molecule has 0 atom stereocenters. The molecule has 2 aromatic heterocycles. The number of rotatable bonds is 5. The van der Waals surface area contributed by atoms with Gasteiger partial charge >= 0.3 is 0 Å². The third kappa shape index (κ3) is 4.09. The maximum absolute atomic E-state index is 12.7. The molecule has 2 heterocycles. The van der Waals surface area contributed by atoms with Crippen LogP contribution >= 0.6 is 22.9 Å². The van der Waals surface area contributed by atoms with Gasteiger partial charge in [-0.05, 0) is 60.9 Å². The minimum absolute atomic E-state index is 0.338. The van der Waals surface area contributed by atoms with Crippen molar-refractivity contribution in [2.45, 2.75) is 20.4 Å². The summed E-state index contributed by atoms with van der Waals surface area (Å²) in [7, 11) is 0. The average molecular weight is 424 g/mol. The van der Waals surface area contributed by atoms with Gasteiger partial charge in [0.1, 0.15) is 0 Å². The highest BCUT2D eigenvalue weighted by molar-refractivity contribution is 7.22. The predicted octanol–water partition coefficient (Wildman–Crippen LogP) is 5.24. The van der Waals surface area contributed by atoms with Crippen LogP contribution in [-0.4, -0.2) is 21.2 Å². The van der Waals surface area contributed by atoms with Crippen molar-refractivity contribution in [3.63, 3.8) is 0 Å². The fourth-order valence-corrected chi connectivity index (χ4v) is 4.22. The summed E-state index contributed by atoms with van der Waals surface area (Å²) in [6.45, 7) is 4.63. The van der Waals surface area contributed by atoms with Crippen molar-refractivity contribution >= 4 is 50.0 Å². The van der Waals surface area contributed by atoms with E-state index in [9.17, 15) is 9.59 Å². The number of carbonyl (C=O) groups excluding carboxylic acids is 2. The van der Waals surface area contributed by atoms with Crippen LogP contribution in [0.4, 0.5) is 5.13 Å². The van der Waals surface area contributed by atoms with Crippen LogP contribution in [0.3, 0.4) is 0 Å². The van der Waals surface area contributed by atoms with Crippen molar-refractivity contribution in [2.75, 3.05) is 5.32 Å². The third-order valence-corrected chi connectivity index (χ3v) is 5.93. The summed E-state index contributed by atoms with van der Waals surface area (Å²) in [5.41, 5.74) is 4.54. The van der Waals surface area contributed by atoms with Crippen molar-refractivity contribution in [3.8, 4) is 0 Å². The first kappa shape index (κ1) is 19.4. The molecule has 5 nitrogen and oxygen atoms in total. The molecule has 4 aromatic rings. The van der Waals surface area contributed by atoms with Crippen LogP contribution in [-0.2, 0) is 11.3 Å². The zero-order chi connectivity index (χ0) is 20.5. The van der Waals surface area contributed by atoms with Crippen LogP contribution in [0, 0.1) is 13.8 Å². The largest absolute Gasteiger partial charge is 0.340 e. The zero-order valence-electron chi connectivity index (χ0n) is 15.9. The third-order valence-electron chi connectivity index (χ3n) is 4.76. The number of nitrogens with zero attached hydrogens (tertiary/aromatic N) is 2. The molecule has 1 amide bonds. The number of Topliss-reactive ketones (excluding diaryl/α,β-unsaturated/α-hetero) is 1. The van der Waals surface area contributed by atoms with Gasteiger partial charge in [0.15, 0.2) is 5.13 Å². The zero-order valence-corrected chi connectivity index (χ0v) is 17.5. The number of ketones is 1. The lowest BCUT2D eigenvalue weighted by molar-refractivity contribution is -0.112. The first-order valence-corrected chi connectivity index (χ1v) is 10.2. The Morgan fingerprint density at radius 1 is 1.10 bits per heavy atom. The number of anilines is 1. The molecular weight excluding hydrogens is 406 g/mol. The summed E-state index contributed by atoms with van der Waals surface area (Å²) in [5.74, 6) is -1.31. The van der Waals surface area contributed by atoms with Gasteiger partial charge < -0.3 is 4.57 Å². The second-order valence-electron chi connectivity index (χ2n) is 6.85.